The van der Waals surface area contributed by atoms with Gasteiger partial charge in [0.1, 0.15) is 5.75 Å². The van der Waals surface area contributed by atoms with E-state index in [9.17, 15) is 18.0 Å². The van der Waals surface area contributed by atoms with Crippen LogP contribution in [0.3, 0.4) is 0 Å². The van der Waals surface area contributed by atoms with Crippen LogP contribution in [0.5, 0.6) is 5.75 Å². The van der Waals surface area contributed by atoms with Crippen LogP contribution in [0.25, 0.3) is 10.7 Å². The Balaban J connectivity index is 1.61. The first-order valence-electron chi connectivity index (χ1n) is 9.18. The second-order valence-electron chi connectivity index (χ2n) is 6.71. The lowest BCUT2D eigenvalue weighted by molar-refractivity contribution is -0.121. The van der Waals surface area contributed by atoms with Gasteiger partial charge in [0.15, 0.2) is 0 Å². The van der Waals surface area contributed by atoms with E-state index < -0.39 is 21.8 Å². The maximum absolute atomic E-state index is 13.1. The van der Waals surface area contributed by atoms with E-state index in [1.165, 1.54) is 43.7 Å². The van der Waals surface area contributed by atoms with Crippen molar-refractivity contribution >= 4 is 38.9 Å². The Kier molecular flexibility index (Phi) is 5.60. The molecule has 0 aliphatic carbocycles. The van der Waals surface area contributed by atoms with E-state index in [0.717, 1.165) is 14.1 Å². The Labute approximate surface area is 182 Å². The number of sulfonamides is 1. The molecule has 12 heteroatoms. The average Bonchev–Trinajstić information content (AvgIpc) is 3.49. The van der Waals surface area contributed by atoms with Crippen LogP contribution in [0.15, 0.2) is 45.1 Å². The second kappa shape index (κ2) is 8.21. The van der Waals surface area contributed by atoms with Crippen molar-refractivity contribution in [3.05, 3.63) is 41.6 Å². The number of imide groups is 1. The minimum Gasteiger partial charge on any atom is -0.495 e. The van der Waals surface area contributed by atoms with Crippen molar-refractivity contribution in [1.82, 2.24) is 14.4 Å². The zero-order chi connectivity index (χ0) is 22.2. The van der Waals surface area contributed by atoms with Gasteiger partial charge in [-0.1, -0.05) is 11.2 Å². The molecular weight excluding hydrogens is 444 g/mol. The van der Waals surface area contributed by atoms with Gasteiger partial charge >= 0.3 is 0 Å². The molecule has 4 rings (SSSR count). The van der Waals surface area contributed by atoms with Crippen molar-refractivity contribution in [3.63, 3.8) is 0 Å². The number of benzene rings is 1. The molecule has 1 aliphatic heterocycles. The van der Waals surface area contributed by atoms with Crippen molar-refractivity contribution in [2.45, 2.75) is 24.3 Å². The number of rotatable bonds is 7. The summed E-state index contributed by atoms with van der Waals surface area (Å²) in [4.78, 5) is 30.2. The summed E-state index contributed by atoms with van der Waals surface area (Å²) in [6, 6.07) is 7.71. The smallest absolute Gasteiger partial charge is 0.243 e. The molecule has 0 saturated carbocycles. The van der Waals surface area contributed by atoms with Crippen molar-refractivity contribution < 1.29 is 27.3 Å². The van der Waals surface area contributed by atoms with Crippen molar-refractivity contribution in [1.29, 1.82) is 0 Å². The first-order valence-corrected chi connectivity index (χ1v) is 11.5. The van der Waals surface area contributed by atoms with Gasteiger partial charge in [-0.3, -0.25) is 9.59 Å². The monoisotopic (exact) mass is 462 g/mol. The van der Waals surface area contributed by atoms with Crippen molar-refractivity contribution in [3.8, 4) is 16.5 Å². The Morgan fingerprint density at radius 2 is 1.97 bits per heavy atom. The van der Waals surface area contributed by atoms with E-state index in [2.05, 4.69) is 10.1 Å². The summed E-state index contributed by atoms with van der Waals surface area (Å²) in [7, 11) is -1.24. The van der Waals surface area contributed by atoms with E-state index in [0.29, 0.717) is 5.82 Å². The Hall–Kier alpha value is -3.09. The molecular formula is C19H18N4O6S2. The highest BCUT2D eigenvalue weighted by atomic mass is 32.2. The van der Waals surface area contributed by atoms with Crippen LogP contribution in [0.1, 0.15) is 18.7 Å². The molecule has 10 nitrogen and oxygen atoms in total. The number of nitrogens with zero attached hydrogens (tertiary/aromatic N) is 4. The molecule has 2 aromatic heterocycles. The van der Waals surface area contributed by atoms with E-state index in [1.54, 1.807) is 0 Å². The Morgan fingerprint density at radius 1 is 1.23 bits per heavy atom. The van der Waals surface area contributed by atoms with Crippen LogP contribution in [0, 0.1) is 0 Å². The summed E-state index contributed by atoms with van der Waals surface area (Å²) in [6.45, 7) is -0.149. The molecule has 3 aromatic rings. The van der Waals surface area contributed by atoms with Gasteiger partial charge in [0.05, 0.1) is 29.1 Å². The van der Waals surface area contributed by atoms with Crippen molar-refractivity contribution in [2.24, 2.45) is 0 Å². The maximum Gasteiger partial charge on any atom is 0.243 e. The third kappa shape index (κ3) is 3.96. The number of amides is 2. The van der Waals surface area contributed by atoms with Gasteiger partial charge < -0.3 is 9.26 Å². The minimum absolute atomic E-state index is 0.0720. The summed E-state index contributed by atoms with van der Waals surface area (Å²) < 4.78 is 37.7. The first-order chi connectivity index (χ1) is 14.8. The predicted octanol–water partition coefficient (Wildman–Crippen LogP) is 2.28. The quantitative estimate of drug-likeness (QED) is 0.490. The van der Waals surface area contributed by atoms with Gasteiger partial charge in [-0.2, -0.15) is 9.29 Å². The zero-order valence-corrected chi connectivity index (χ0v) is 18.3. The molecule has 0 unspecified atom stereocenters. The molecule has 1 saturated heterocycles. The molecule has 162 valence electrons. The highest BCUT2D eigenvalue weighted by Gasteiger charge is 2.34. The van der Waals surface area contributed by atoms with Gasteiger partial charge in [-0.25, -0.2) is 13.3 Å². The topological polar surface area (TPSA) is 123 Å². The third-order valence-corrected chi connectivity index (χ3v) is 7.38. The number of methoxy groups -OCH3 is 1. The molecule has 0 spiro atoms. The minimum atomic E-state index is -3.99. The van der Waals surface area contributed by atoms with Crippen LogP contribution in [0.2, 0.25) is 0 Å². The largest absolute Gasteiger partial charge is 0.495 e. The molecule has 0 radical (unpaired) electrons. The summed E-state index contributed by atoms with van der Waals surface area (Å²) >= 11 is 1.44. The first kappa shape index (κ1) is 21.2. The molecule has 1 aromatic carbocycles. The normalized spacial score (nSPS) is 14.6. The summed E-state index contributed by atoms with van der Waals surface area (Å²) in [5.74, 6) is -0.0688. The molecule has 0 bridgehead atoms. The molecule has 3 heterocycles. The van der Waals surface area contributed by atoms with Gasteiger partial charge in [-0.05, 0) is 29.6 Å². The van der Waals surface area contributed by atoms with Crippen LogP contribution in [0.4, 0.5) is 5.69 Å². The lowest BCUT2D eigenvalue weighted by Crippen LogP contribution is -2.30. The third-order valence-electron chi connectivity index (χ3n) is 4.72. The molecule has 0 atom stereocenters. The van der Waals surface area contributed by atoms with Crippen LogP contribution >= 0.6 is 11.3 Å². The fourth-order valence-corrected chi connectivity index (χ4v) is 4.92. The number of anilines is 1. The molecule has 1 aliphatic rings. The van der Waals surface area contributed by atoms with Crippen LogP contribution < -0.4 is 9.64 Å². The lowest BCUT2D eigenvalue weighted by atomic mass is 10.2. The van der Waals surface area contributed by atoms with E-state index in [-0.39, 0.29) is 41.6 Å². The fraction of sp³-hybridized carbons (Fsp3) is 0.263. The van der Waals surface area contributed by atoms with Crippen molar-refractivity contribution in [2.75, 3.05) is 19.1 Å². The summed E-state index contributed by atoms with van der Waals surface area (Å²) in [6.07, 6.45) is 0.144. The summed E-state index contributed by atoms with van der Waals surface area (Å²) in [5.41, 5.74) is 0.0993. The second-order valence-corrected chi connectivity index (χ2v) is 9.70. The van der Waals surface area contributed by atoms with Gasteiger partial charge in [0, 0.05) is 19.9 Å². The summed E-state index contributed by atoms with van der Waals surface area (Å²) in [5, 5.41) is 5.75. The number of thiophene rings is 1. The number of carbonyl (C=O) groups is 2. The highest BCUT2D eigenvalue weighted by Crippen LogP contribution is 2.35. The van der Waals surface area contributed by atoms with Crippen LogP contribution in [-0.2, 0) is 26.2 Å². The lowest BCUT2D eigenvalue weighted by Gasteiger charge is -2.20. The van der Waals surface area contributed by atoms with E-state index >= 15 is 0 Å². The fourth-order valence-electron chi connectivity index (χ4n) is 3.13. The number of hydrogen-bond donors (Lipinski definition) is 0. The zero-order valence-electron chi connectivity index (χ0n) is 16.6. The molecule has 1 fully saturated rings. The molecule has 2 amide bonds. The van der Waals surface area contributed by atoms with Gasteiger partial charge in [0.25, 0.3) is 0 Å². The molecule has 31 heavy (non-hydrogen) atoms. The van der Waals surface area contributed by atoms with E-state index in [4.69, 9.17) is 9.26 Å². The van der Waals surface area contributed by atoms with Gasteiger partial charge in [-0.15, -0.1) is 11.3 Å². The average molecular weight is 463 g/mol. The Morgan fingerprint density at radius 3 is 2.61 bits per heavy atom. The number of carbonyl (C=O) groups excluding carboxylic acids is 2. The predicted molar refractivity (Wildman–Crippen MR) is 111 cm³/mol. The maximum atomic E-state index is 13.1. The highest BCUT2D eigenvalue weighted by molar-refractivity contribution is 7.89. The van der Waals surface area contributed by atoms with Gasteiger partial charge in [0.2, 0.25) is 33.6 Å². The number of hydrogen-bond acceptors (Lipinski definition) is 9. The Bertz CT molecular complexity index is 1220. The molecule has 0 N–H and O–H groups in total. The van der Waals surface area contributed by atoms with Crippen LogP contribution in [-0.4, -0.2) is 48.8 Å². The SMILES string of the molecule is COc1ccc(S(=O)(=O)N(C)Cc2nc(-c3cccs3)no2)cc1N1C(=O)CCC1=O. The van der Waals surface area contributed by atoms with E-state index in [1.807, 2.05) is 17.5 Å². The number of aromatic nitrogens is 2. The number of ether oxygens (including phenoxy) is 1. The standard InChI is InChI=1S/C19H18N4O6S2/c1-22(11-16-20-19(21-29-16)15-4-3-9-30-15)31(26,27)12-5-6-14(28-2)13(10-12)23-17(24)7-8-18(23)25/h3-6,9-10H,7-8,11H2,1-2H3.